The van der Waals surface area contributed by atoms with Gasteiger partial charge < -0.3 is 9.30 Å². The number of aromatic nitrogens is 2. The summed E-state index contributed by atoms with van der Waals surface area (Å²) in [5.74, 6) is 0.558. The fourth-order valence-electron chi connectivity index (χ4n) is 0.557. The van der Waals surface area contributed by atoms with Gasteiger partial charge in [0.15, 0.2) is 0 Å². The molecule has 1 aromatic rings. The third-order valence-corrected chi connectivity index (χ3v) is 1.57. The Balaban J connectivity index is 3.17. The zero-order chi connectivity index (χ0) is 7.56. The van der Waals surface area contributed by atoms with E-state index in [0.717, 1.165) is 0 Å². The first-order valence-electron chi connectivity index (χ1n) is 2.80. The molecule has 0 saturated carbocycles. The van der Waals surface area contributed by atoms with Gasteiger partial charge in [0, 0.05) is 13.1 Å². The fraction of sp³-hybridized carbons (Fsp3) is 0.333. The summed E-state index contributed by atoms with van der Waals surface area (Å²) >= 11 is 4.95. The van der Waals surface area contributed by atoms with Gasteiger partial charge in [-0.3, -0.25) is 0 Å². The minimum atomic E-state index is 0.558. The van der Waals surface area contributed by atoms with Crippen molar-refractivity contribution in [1.82, 2.24) is 9.55 Å². The zero-order valence-electron chi connectivity index (χ0n) is 5.87. The van der Waals surface area contributed by atoms with Gasteiger partial charge in [0.25, 0.3) is 0 Å². The van der Waals surface area contributed by atoms with Gasteiger partial charge in [0.05, 0.1) is 13.4 Å². The van der Waals surface area contributed by atoms with Gasteiger partial charge in [-0.15, -0.1) is 0 Å². The second-order valence-corrected chi connectivity index (χ2v) is 2.30. The van der Waals surface area contributed by atoms with E-state index in [0.29, 0.717) is 10.5 Å². The molecule has 0 radical (unpaired) electrons. The van der Waals surface area contributed by atoms with E-state index in [-0.39, 0.29) is 0 Å². The van der Waals surface area contributed by atoms with Gasteiger partial charge in [0.1, 0.15) is 4.64 Å². The molecule has 0 aliphatic carbocycles. The van der Waals surface area contributed by atoms with Gasteiger partial charge in [-0.25, -0.2) is 4.98 Å². The molecule has 0 N–H and O–H groups in total. The van der Waals surface area contributed by atoms with Crippen LogP contribution in [0.3, 0.4) is 0 Å². The quantitative estimate of drug-likeness (QED) is 0.571. The summed E-state index contributed by atoms with van der Waals surface area (Å²) in [6.07, 6.45) is 1.63. The predicted molar refractivity (Wildman–Crippen MR) is 40.6 cm³/mol. The second-order valence-electron chi connectivity index (χ2n) is 1.88. The van der Waals surface area contributed by atoms with Gasteiger partial charge in [-0.2, -0.15) is 0 Å². The summed E-state index contributed by atoms with van der Waals surface area (Å²) in [4.78, 5) is 3.93. The molecular formula is C6H8N2OS. The number of ether oxygens (including phenoxy) is 1. The maximum atomic E-state index is 4.95. The molecule has 1 aromatic heterocycles. The zero-order valence-corrected chi connectivity index (χ0v) is 6.68. The van der Waals surface area contributed by atoms with Crippen molar-refractivity contribution in [3.8, 4) is 5.88 Å². The van der Waals surface area contributed by atoms with Gasteiger partial charge >= 0.3 is 0 Å². The van der Waals surface area contributed by atoms with Crippen LogP contribution >= 0.6 is 12.2 Å². The molecule has 54 valence electrons. The van der Waals surface area contributed by atoms with Gasteiger partial charge in [-0.05, 0) is 0 Å². The van der Waals surface area contributed by atoms with Gasteiger partial charge in [0.2, 0.25) is 5.88 Å². The van der Waals surface area contributed by atoms with Crippen LogP contribution in [-0.2, 0) is 7.05 Å². The van der Waals surface area contributed by atoms with Crippen molar-refractivity contribution in [2.45, 2.75) is 0 Å². The smallest absolute Gasteiger partial charge is 0.217 e. The molecule has 0 atom stereocenters. The molecule has 0 unspecified atom stereocenters. The first-order chi connectivity index (χ1) is 4.74. The van der Waals surface area contributed by atoms with E-state index in [4.69, 9.17) is 17.0 Å². The number of nitrogens with zero attached hydrogens (tertiary/aromatic N) is 2. The molecule has 0 saturated heterocycles. The molecule has 4 heteroatoms. The van der Waals surface area contributed by atoms with E-state index in [9.17, 15) is 0 Å². The Morgan fingerprint density at radius 2 is 2.40 bits per heavy atom. The number of aryl methyl sites for hydroxylation is 1. The molecule has 1 heterocycles. The number of rotatable bonds is 1. The van der Waals surface area contributed by atoms with Crippen molar-refractivity contribution >= 4 is 12.2 Å². The van der Waals surface area contributed by atoms with Crippen molar-refractivity contribution in [2.24, 2.45) is 7.05 Å². The van der Waals surface area contributed by atoms with Crippen LogP contribution in [-0.4, -0.2) is 16.7 Å². The largest absolute Gasteiger partial charge is 0.481 e. The molecule has 0 aliphatic rings. The molecule has 0 fully saturated rings. The van der Waals surface area contributed by atoms with Crippen LogP contribution in [0.15, 0.2) is 12.4 Å². The third-order valence-electron chi connectivity index (χ3n) is 1.16. The Hall–Kier alpha value is -0.900. The summed E-state index contributed by atoms with van der Waals surface area (Å²) in [5, 5.41) is 0. The lowest BCUT2D eigenvalue weighted by molar-refractivity contribution is 0.395. The van der Waals surface area contributed by atoms with Gasteiger partial charge in [-0.1, -0.05) is 12.2 Å². The van der Waals surface area contributed by atoms with E-state index < -0.39 is 0 Å². The summed E-state index contributed by atoms with van der Waals surface area (Å²) in [7, 11) is 3.41. The van der Waals surface area contributed by atoms with Crippen molar-refractivity contribution < 1.29 is 4.74 Å². The lowest BCUT2D eigenvalue weighted by Crippen LogP contribution is -1.95. The lowest BCUT2D eigenvalue weighted by Gasteiger charge is -1.99. The monoisotopic (exact) mass is 156 g/mol. The minimum Gasteiger partial charge on any atom is -0.481 e. The Morgan fingerprint density at radius 1 is 1.70 bits per heavy atom. The SMILES string of the molecule is COc1cc(=S)n(C)cn1. The fourth-order valence-corrected chi connectivity index (χ4v) is 0.705. The molecule has 0 spiro atoms. The average Bonchev–Trinajstić information content (AvgIpc) is 1.95. The van der Waals surface area contributed by atoms with E-state index in [1.54, 1.807) is 24.1 Å². The average molecular weight is 156 g/mol. The van der Waals surface area contributed by atoms with Crippen LogP contribution in [0.25, 0.3) is 0 Å². The number of hydrogen-bond acceptors (Lipinski definition) is 3. The van der Waals surface area contributed by atoms with Crippen LogP contribution in [0.4, 0.5) is 0 Å². The number of methoxy groups -OCH3 is 1. The topological polar surface area (TPSA) is 27.1 Å². The van der Waals surface area contributed by atoms with E-state index in [2.05, 4.69) is 4.98 Å². The van der Waals surface area contributed by atoms with Crippen LogP contribution < -0.4 is 4.74 Å². The van der Waals surface area contributed by atoms with Crippen molar-refractivity contribution in [3.05, 3.63) is 17.0 Å². The van der Waals surface area contributed by atoms with Crippen LogP contribution in [0.1, 0.15) is 0 Å². The Morgan fingerprint density at radius 3 is 2.90 bits per heavy atom. The highest BCUT2D eigenvalue weighted by molar-refractivity contribution is 7.71. The summed E-state index contributed by atoms with van der Waals surface area (Å²) in [6, 6.07) is 1.70. The first kappa shape index (κ1) is 7.21. The van der Waals surface area contributed by atoms with Crippen LogP contribution in [0, 0.1) is 4.64 Å². The molecule has 1 rings (SSSR count). The molecular weight excluding hydrogens is 148 g/mol. The van der Waals surface area contributed by atoms with Crippen molar-refractivity contribution in [1.29, 1.82) is 0 Å². The first-order valence-corrected chi connectivity index (χ1v) is 3.21. The van der Waals surface area contributed by atoms with Crippen LogP contribution in [0.5, 0.6) is 5.88 Å². The second kappa shape index (κ2) is 2.79. The summed E-state index contributed by atoms with van der Waals surface area (Å²) in [6.45, 7) is 0. The van der Waals surface area contributed by atoms with Crippen LogP contribution in [0.2, 0.25) is 0 Å². The minimum absolute atomic E-state index is 0.558. The Bertz CT molecular complexity index is 281. The van der Waals surface area contributed by atoms with E-state index in [1.807, 2.05) is 7.05 Å². The highest BCUT2D eigenvalue weighted by Gasteiger charge is 1.90. The highest BCUT2D eigenvalue weighted by atomic mass is 32.1. The molecule has 0 bridgehead atoms. The summed E-state index contributed by atoms with van der Waals surface area (Å²) < 4.78 is 7.32. The molecule has 0 aromatic carbocycles. The highest BCUT2D eigenvalue weighted by Crippen LogP contribution is 2.02. The number of hydrogen-bond donors (Lipinski definition) is 0. The predicted octanol–water partition coefficient (Wildman–Crippen LogP) is 1.16. The maximum Gasteiger partial charge on any atom is 0.217 e. The molecule has 0 amide bonds. The lowest BCUT2D eigenvalue weighted by atomic mass is 10.6. The molecule has 10 heavy (non-hydrogen) atoms. The maximum absolute atomic E-state index is 4.95. The van der Waals surface area contributed by atoms with Crippen molar-refractivity contribution in [3.63, 3.8) is 0 Å². The van der Waals surface area contributed by atoms with E-state index >= 15 is 0 Å². The Labute approximate surface area is 64.3 Å². The Kier molecular flexibility index (Phi) is 2.01. The normalized spacial score (nSPS) is 9.40. The standard InChI is InChI=1S/C6H8N2OS/c1-8-4-7-5(9-2)3-6(8)10/h3-4H,1-2H3. The summed E-state index contributed by atoms with van der Waals surface area (Å²) in [5.41, 5.74) is 0. The third kappa shape index (κ3) is 1.33. The van der Waals surface area contributed by atoms with E-state index in [1.165, 1.54) is 0 Å². The molecule has 3 nitrogen and oxygen atoms in total. The molecule has 0 aliphatic heterocycles. The van der Waals surface area contributed by atoms with Crippen molar-refractivity contribution in [2.75, 3.05) is 7.11 Å².